The third-order valence-corrected chi connectivity index (χ3v) is 13.7. The van der Waals surface area contributed by atoms with Gasteiger partial charge in [0.05, 0.1) is 0 Å². The molecule has 2 heteroatoms. The van der Waals surface area contributed by atoms with Crippen LogP contribution in [0.3, 0.4) is 0 Å². The molecule has 4 aliphatic rings. The van der Waals surface area contributed by atoms with Gasteiger partial charge in [-0.2, -0.15) is 0 Å². The number of carbonyl (C=O) groups is 1. The molecule has 0 saturated heterocycles. The van der Waals surface area contributed by atoms with Crippen LogP contribution >= 0.6 is 0 Å². The Balaban J connectivity index is 1.02. The van der Waals surface area contributed by atoms with Crippen molar-refractivity contribution in [2.75, 3.05) is 0 Å². The molecule has 3 fully saturated rings. The molecule has 3 aromatic carbocycles. The second-order valence-corrected chi connectivity index (χ2v) is 16.7. The van der Waals surface area contributed by atoms with Crippen molar-refractivity contribution in [3.63, 3.8) is 0 Å². The number of hydrogen-bond acceptors (Lipinski definition) is 2. The van der Waals surface area contributed by atoms with Gasteiger partial charge in [0.15, 0.2) is 0 Å². The van der Waals surface area contributed by atoms with E-state index in [-0.39, 0.29) is 17.5 Å². The summed E-state index contributed by atoms with van der Waals surface area (Å²) in [5.41, 5.74) is 3.47. The van der Waals surface area contributed by atoms with Crippen molar-refractivity contribution in [3.8, 4) is 0 Å². The number of allylic oxidation sites excluding steroid dienone is 1. The molecule has 0 N–H and O–H groups in total. The predicted octanol–water partition coefficient (Wildman–Crippen LogP) is 12.0. The van der Waals surface area contributed by atoms with Crippen molar-refractivity contribution in [1.82, 2.24) is 0 Å². The summed E-state index contributed by atoms with van der Waals surface area (Å²) in [7, 11) is 0. The molecule has 0 bridgehead atoms. The fourth-order valence-electron chi connectivity index (χ4n) is 11.3. The van der Waals surface area contributed by atoms with E-state index in [9.17, 15) is 4.79 Å². The first kappa shape index (κ1) is 31.7. The average Bonchev–Trinajstić information content (AvgIpc) is 3.40. The Morgan fingerprint density at radius 1 is 0.891 bits per heavy atom. The predicted molar refractivity (Wildman–Crippen MR) is 193 cm³/mol. The van der Waals surface area contributed by atoms with Crippen LogP contribution < -0.4 is 0 Å². The number of carbonyl (C=O) groups excluding carboxylic acids is 1. The van der Waals surface area contributed by atoms with Gasteiger partial charge < -0.3 is 4.74 Å². The quantitative estimate of drug-likeness (QED) is 0.109. The van der Waals surface area contributed by atoms with Crippen molar-refractivity contribution < 1.29 is 9.53 Å². The van der Waals surface area contributed by atoms with E-state index >= 15 is 0 Å². The highest BCUT2D eigenvalue weighted by Gasteiger charge is 2.59. The van der Waals surface area contributed by atoms with Crippen LogP contribution in [0.4, 0.5) is 0 Å². The van der Waals surface area contributed by atoms with E-state index in [1.54, 1.807) is 11.6 Å². The normalized spacial score (nSPS) is 33.1. The van der Waals surface area contributed by atoms with Gasteiger partial charge in [0.1, 0.15) is 6.10 Å². The summed E-state index contributed by atoms with van der Waals surface area (Å²) in [6, 6.07) is 19.1. The van der Waals surface area contributed by atoms with Gasteiger partial charge in [0.2, 0.25) is 0 Å². The second-order valence-electron chi connectivity index (χ2n) is 16.7. The number of esters is 1. The first-order valence-corrected chi connectivity index (χ1v) is 18.7. The average molecular weight is 617 g/mol. The minimum Gasteiger partial charge on any atom is -0.459 e. The molecule has 0 radical (unpaired) electrons. The van der Waals surface area contributed by atoms with Gasteiger partial charge in [0.25, 0.3) is 0 Å². The maximum absolute atomic E-state index is 13.2. The molecule has 4 aliphatic carbocycles. The highest BCUT2D eigenvalue weighted by molar-refractivity contribution is 6.08. The van der Waals surface area contributed by atoms with Gasteiger partial charge >= 0.3 is 5.97 Å². The molecule has 8 atom stereocenters. The SMILES string of the molecule is CC(C)CCC[C@H](C)[C@H]1CC[C@H]2[C@@H]3CC=C4C[C@@H](OC(=O)/C=C/c5c6ccccc6cc6ccccc56)CC[C@]4(C)[C@H]3CC[C@]12C. The lowest BCUT2D eigenvalue weighted by atomic mass is 9.47. The lowest BCUT2D eigenvalue weighted by Gasteiger charge is -2.58. The first-order chi connectivity index (χ1) is 22.2. The maximum atomic E-state index is 13.2. The zero-order valence-corrected chi connectivity index (χ0v) is 29.1. The van der Waals surface area contributed by atoms with E-state index in [4.69, 9.17) is 4.74 Å². The van der Waals surface area contributed by atoms with Crippen molar-refractivity contribution in [2.45, 2.75) is 111 Å². The molecule has 46 heavy (non-hydrogen) atoms. The number of benzene rings is 3. The standard InChI is InChI=1S/C44H56O2/c1-29(2)11-10-12-30(3)39-20-21-40-38-18-17-33-28-34(23-25-43(33,4)41(38)24-26-44(39,40)5)46-42(45)22-19-37-35-15-8-6-13-31(35)27-32-14-7-9-16-36(32)37/h6-9,13-17,19,22,27,29-30,34,38-41H,10-12,18,20-21,23-26,28H2,1-5H3/b22-19+/t30-,34-,38-,39+,40-,41-,43-,44+/m0/s1. The molecule has 0 amide bonds. The summed E-state index contributed by atoms with van der Waals surface area (Å²) in [5, 5.41) is 4.71. The van der Waals surface area contributed by atoms with Gasteiger partial charge in [-0.25, -0.2) is 4.79 Å². The molecular weight excluding hydrogens is 560 g/mol. The minimum absolute atomic E-state index is 0.0197. The molecule has 0 aromatic heterocycles. The van der Waals surface area contributed by atoms with Gasteiger partial charge in [-0.3, -0.25) is 0 Å². The van der Waals surface area contributed by atoms with Gasteiger partial charge in [-0.1, -0.05) is 114 Å². The van der Waals surface area contributed by atoms with Crippen molar-refractivity contribution in [3.05, 3.63) is 77.9 Å². The molecule has 7 rings (SSSR count). The van der Waals surface area contributed by atoms with E-state index in [1.165, 1.54) is 72.9 Å². The zero-order chi connectivity index (χ0) is 32.1. The zero-order valence-electron chi connectivity index (χ0n) is 29.1. The molecule has 0 heterocycles. The van der Waals surface area contributed by atoms with Crippen LogP contribution in [0.2, 0.25) is 0 Å². The Labute approximate surface area is 278 Å². The lowest BCUT2D eigenvalue weighted by molar-refractivity contribution is -0.145. The van der Waals surface area contributed by atoms with Crippen LogP contribution in [-0.4, -0.2) is 12.1 Å². The number of ether oxygens (including phenoxy) is 1. The third kappa shape index (κ3) is 5.67. The van der Waals surface area contributed by atoms with Crippen LogP contribution in [0.25, 0.3) is 27.6 Å². The van der Waals surface area contributed by atoms with Crippen molar-refractivity contribution in [2.24, 2.45) is 46.3 Å². The summed E-state index contributed by atoms with van der Waals surface area (Å²) in [6.07, 6.45) is 20.4. The highest BCUT2D eigenvalue weighted by atomic mass is 16.5. The molecule has 244 valence electrons. The smallest absolute Gasteiger partial charge is 0.331 e. The summed E-state index contributed by atoms with van der Waals surface area (Å²) in [6.45, 7) is 12.6. The highest BCUT2D eigenvalue weighted by Crippen LogP contribution is 2.67. The summed E-state index contributed by atoms with van der Waals surface area (Å²) < 4.78 is 6.17. The summed E-state index contributed by atoms with van der Waals surface area (Å²) in [4.78, 5) is 13.2. The largest absolute Gasteiger partial charge is 0.459 e. The van der Waals surface area contributed by atoms with Crippen LogP contribution in [0.5, 0.6) is 0 Å². The maximum Gasteiger partial charge on any atom is 0.331 e. The van der Waals surface area contributed by atoms with E-state index in [0.29, 0.717) is 5.41 Å². The molecule has 2 nitrogen and oxygen atoms in total. The Morgan fingerprint density at radius 2 is 1.61 bits per heavy atom. The van der Waals surface area contributed by atoms with Crippen molar-refractivity contribution >= 4 is 33.6 Å². The van der Waals surface area contributed by atoms with Crippen LogP contribution in [0.1, 0.15) is 111 Å². The van der Waals surface area contributed by atoms with E-state index < -0.39 is 0 Å². The summed E-state index contributed by atoms with van der Waals surface area (Å²) in [5.74, 6) is 4.86. The molecule has 0 aliphatic heterocycles. The van der Waals surface area contributed by atoms with E-state index in [1.807, 2.05) is 6.08 Å². The number of fused-ring (bicyclic) bond motifs is 7. The Hall–Kier alpha value is -2.87. The Kier molecular flexibility index (Phi) is 8.71. The van der Waals surface area contributed by atoms with Crippen molar-refractivity contribution in [1.29, 1.82) is 0 Å². The van der Waals surface area contributed by atoms with E-state index in [0.717, 1.165) is 60.3 Å². The van der Waals surface area contributed by atoms with Gasteiger partial charge in [-0.15, -0.1) is 0 Å². The first-order valence-electron chi connectivity index (χ1n) is 18.7. The van der Waals surface area contributed by atoms with Crippen LogP contribution in [-0.2, 0) is 9.53 Å². The monoisotopic (exact) mass is 616 g/mol. The molecule has 0 spiro atoms. The Bertz CT molecular complexity index is 1590. The number of rotatable bonds is 8. The molecule has 3 saturated carbocycles. The second kappa shape index (κ2) is 12.6. The summed E-state index contributed by atoms with van der Waals surface area (Å²) >= 11 is 0. The topological polar surface area (TPSA) is 26.3 Å². The number of hydrogen-bond donors (Lipinski definition) is 0. The molecule has 3 aromatic rings. The molecular formula is C44H56O2. The van der Waals surface area contributed by atoms with E-state index in [2.05, 4.69) is 95.3 Å². The molecule has 0 unspecified atom stereocenters. The lowest BCUT2D eigenvalue weighted by Crippen LogP contribution is -2.51. The third-order valence-electron chi connectivity index (χ3n) is 13.7. The minimum atomic E-state index is -0.215. The van der Waals surface area contributed by atoms with Gasteiger partial charge in [-0.05, 0) is 131 Å². The van der Waals surface area contributed by atoms with Crippen LogP contribution in [0.15, 0.2) is 72.3 Å². The fraction of sp³-hybridized carbons (Fsp3) is 0.568. The fourth-order valence-corrected chi connectivity index (χ4v) is 11.3. The van der Waals surface area contributed by atoms with Crippen LogP contribution in [0, 0.1) is 46.3 Å². The Morgan fingerprint density at radius 3 is 2.33 bits per heavy atom. The van der Waals surface area contributed by atoms with Gasteiger partial charge in [0, 0.05) is 12.5 Å².